The molecule has 1 fully saturated rings. The Hall–Kier alpha value is -2.70. The van der Waals surface area contributed by atoms with Gasteiger partial charge in [-0.15, -0.1) is 11.3 Å². The second-order valence-electron chi connectivity index (χ2n) is 8.90. The summed E-state index contributed by atoms with van der Waals surface area (Å²) in [5, 5.41) is 2.97. The number of piperazine rings is 1. The summed E-state index contributed by atoms with van der Waals surface area (Å²) in [7, 11) is 0. The molecule has 2 aliphatic rings. The first-order valence-electron chi connectivity index (χ1n) is 11.4. The second-order valence-corrected chi connectivity index (χ2v) is 9.85. The van der Waals surface area contributed by atoms with Crippen molar-refractivity contribution in [2.75, 3.05) is 37.6 Å². The molecule has 3 aromatic rings. The number of thiazole rings is 1. The van der Waals surface area contributed by atoms with Crippen LogP contribution in [-0.2, 0) is 19.5 Å². The maximum atomic E-state index is 13.0. The molecule has 0 bridgehead atoms. The third-order valence-corrected chi connectivity index (χ3v) is 7.61. The molecule has 5 rings (SSSR count). The molecule has 0 aliphatic carbocycles. The third-order valence-electron chi connectivity index (χ3n) is 6.78. The number of carbonyl (C=O) groups is 1. The lowest BCUT2D eigenvalue weighted by molar-refractivity contribution is 0.0729. The van der Waals surface area contributed by atoms with Crippen LogP contribution in [0.2, 0.25) is 0 Å². The van der Waals surface area contributed by atoms with Crippen molar-refractivity contribution < 1.29 is 4.79 Å². The van der Waals surface area contributed by atoms with Crippen molar-refractivity contribution in [1.82, 2.24) is 14.8 Å². The molecule has 32 heavy (non-hydrogen) atoms. The van der Waals surface area contributed by atoms with Crippen molar-refractivity contribution in [3.8, 4) is 0 Å². The molecule has 1 amide bonds. The highest BCUT2D eigenvalue weighted by Crippen LogP contribution is 2.23. The number of aromatic nitrogens is 1. The van der Waals surface area contributed by atoms with Gasteiger partial charge in [0.2, 0.25) is 0 Å². The van der Waals surface area contributed by atoms with E-state index < -0.39 is 0 Å². The summed E-state index contributed by atoms with van der Waals surface area (Å²) < 4.78 is 0. The molecule has 6 heteroatoms. The van der Waals surface area contributed by atoms with Gasteiger partial charge in [0, 0.05) is 50.3 Å². The van der Waals surface area contributed by atoms with E-state index >= 15 is 0 Å². The molecule has 1 saturated heterocycles. The molecule has 0 spiro atoms. The fourth-order valence-corrected chi connectivity index (χ4v) is 5.40. The SMILES string of the molecule is Cc1ccc(N2CCN(Cc3nc(C(=O)N4CCc5ccccc5C4)cs3)CC2)cc1C. The lowest BCUT2D eigenvalue weighted by Gasteiger charge is -2.36. The molecule has 0 unspecified atom stereocenters. The van der Waals surface area contributed by atoms with Gasteiger partial charge in [-0.05, 0) is 54.7 Å². The van der Waals surface area contributed by atoms with Crippen LogP contribution in [0.4, 0.5) is 5.69 Å². The number of nitrogens with zero attached hydrogens (tertiary/aromatic N) is 4. The summed E-state index contributed by atoms with van der Waals surface area (Å²) in [6.07, 6.45) is 0.920. The van der Waals surface area contributed by atoms with Gasteiger partial charge >= 0.3 is 0 Å². The van der Waals surface area contributed by atoms with E-state index in [4.69, 9.17) is 4.98 Å². The zero-order chi connectivity index (χ0) is 22.1. The van der Waals surface area contributed by atoms with Gasteiger partial charge in [-0.25, -0.2) is 4.98 Å². The van der Waals surface area contributed by atoms with Crippen LogP contribution in [0.3, 0.4) is 0 Å². The molecule has 166 valence electrons. The van der Waals surface area contributed by atoms with E-state index in [9.17, 15) is 4.79 Å². The zero-order valence-corrected chi connectivity index (χ0v) is 19.7. The maximum Gasteiger partial charge on any atom is 0.273 e. The first kappa shape index (κ1) is 21.2. The number of hydrogen-bond acceptors (Lipinski definition) is 5. The van der Waals surface area contributed by atoms with Crippen molar-refractivity contribution in [2.24, 2.45) is 0 Å². The maximum absolute atomic E-state index is 13.0. The van der Waals surface area contributed by atoms with Crippen LogP contribution in [0, 0.1) is 13.8 Å². The van der Waals surface area contributed by atoms with Crippen molar-refractivity contribution in [3.05, 3.63) is 80.8 Å². The van der Waals surface area contributed by atoms with Crippen LogP contribution >= 0.6 is 11.3 Å². The van der Waals surface area contributed by atoms with Crippen LogP contribution in [-0.4, -0.2) is 53.4 Å². The molecule has 2 aromatic carbocycles. The molecule has 0 atom stereocenters. The minimum absolute atomic E-state index is 0.0570. The average molecular weight is 447 g/mol. The Balaban J connectivity index is 1.16. The molecular formula is C26H30N4OS. The normalized spacial score (nSPS) is 16.8. The van der Waals surface area contributed by atoms with Crippen molar-refractivity contribution >= 4 is 22.9 Å². The quantitative estimate of drug-likeness (QED) is 0.600. The number of rotatable bonds is 4. The van der Waals surface area contributed by atoms with Crippen molar-refractivity contribution in [1.29, 1.82) is 0 Å². The lowest BCUT2D eigenvalue weighted by atomic mass is 10.00. The molecule has 0 N–H and O–H groups in total. The second kappa shape index (κ2) is 9.04. The minimum Gasteiger partial charge on any atom is -0.369 e. The monoisotopic (exact) mass is 446 g/mol. The molecule has 2 aliphatic heterocycles. The summed E-state index contributed by atoms with van der Waals surface area (Å²) in [4.78, 5) is 24.6. The largest absolute Gasteiger partial charge is 0.369 e. The van der Waals surface area contributed by atoms with E-state index in [-0.39, 0.29) is 5.91 Å². The predicted octanol–water partition coefficient (Wildman–Crippen LogP) is 4.28. The van der Waals surface area contributed by atoms with Gasteiger partial charge in [0.15, 0.2) is 0 Å². The van der Waals surface area contributed by atoms with Crippen LogP contribution in [0.5, 0.6) is 0 Å². The van der Waals surface area contributed by atoms with Gasteiger partial charge in [-0.1, -0.05) is 30.3 Å². The first-order valence-corrected chi connectivity index (χ1v) is 12.3. The molecule has 0 radical (unpaired) electrons. The van der Waals surface area contributed by atoms with Crippen molar-refractivity contribution in [3.63, 3.8) is 0 Å². The van der Waals surface area contributed by atoms with Crippen LogP contribution in [0.15, 0.2) is 47.8 Å². The summed E-state index contributed by atoms with van der Waals surface area (Å²) in [5.41, 5.74) is 7.22. The number of amides is 1. The van der Waals surface area contributed by atoms with Gasteiger partial charge in [0.05, 0.1) is 6.54 Å². The smallest absolute Gasteiger partial charge is 0.273 e. The number of carbonyl (C=O) groups excluding carboxylic acids is 1. The first-order chi connectivity index (χ1) is 15.6. The van der Waals surface area contributed by atoms with E-state index in [0.717, 1.165) is 50.7 Å². The average Bonchev–Trinajstić information content (AvgIpc) is 3.29. The number of hydrogen-bond donors (Lipinski definition) is 0. The standard InChI is InChI=1S/C26H30N4OS/c1-19-7-8-23(15-20(19)2)29-13-11-28(12-14-29)17-25-27-24(18-32-25)26(31)30-10-9-21-5-3-4-6-22(21)16-30/h3-8,15,18H,9-14,16-17H2,1-2H3. The number of fused-ring (bicyclic) bond motifs is 1. The molecule has 1 aromatic heterocycles. The highest BCUT2D eigenvalue weighted by atomic mass is 32.1. The van der Waals surface area contributed by atoms with E-state index in [1.165, 1.54) is 27.9 Å². The number of benzene rings is 2. The van der Waals surface area contributed by atoms with Gasteiger partial charge in [0.1, 0.15) is 10.7 Å². The highest BCUT2D eigenvalue weighted by Gasteiger charge is 2.24. The Labute approximate surface area is 194 Å². The van der Waals surface area contributed by atoms with Gasteiger partial charge in [-0.3, -0.25) is 9.69 Å². The van der Waals surface area contributed by atoms with Crippen LogP contribution < -0.4 is 4.90 Å². The Bertz CT molecular complexity index is 1120. The van der Waals surface area contributed by atoms with Crippen LogP contribution in [0.1, 0.15) is 37.7 Å². The number of anilines is 1. The highest BCUT2D eigenvalue weighted by molar-refractivity contribution is 7.09. The lowest BCUT2D eigenvalue weighted by Crippen LogP contribution is -2.46. The third kappa shape index (κ3) is 4.43. The zero-order valence-electron chi connectivity index (χ0n) is 18.9. The van der Waals surface area contributed by atoms with Gasteiger partial charge in [-0.2, -0.15) is 0 Å². The Morgan fingerprint density at radius 2 is 1.75 bits per heavy atom. The molecule has 0 saturated carbocycles. The number of aryl methyl sites for hydroxylation is 2. The summed E-state index contributed by atoms with van der Waals surface area (Å²) in [6, 6.07) is 15.2. The topological polar surface area (TPSA) is 39.7 Å². The summed E-state index contributed by atoms with van der Waals surface area (Å²) >= 11 is 1.61. The molecule has 5 nitrogen and oxygen atoms in total. The minimum atomic E-state index is 0.0570. The van der Waals surface area contributed by atoms with Crippen molar-refractivity contribution in [2.45, 2.75) is 33.4 Å². The molecule has 3 heterocycles. The van der Waals surface area contributed by atoms with Gasteiger partial charge < -0.3 is 9.80 Å². The molecular weight excluding hydrogens is 416 g/mol. The van der Waals surface area contributed by atoms with Crippen LogP contribution in [0.25, 0.3) is 0 Å². The van der Waals surface area contributed by atoms with E-state index in [2.05, 4.69) is 60.0 Å². The fraction of sp³-hybridized carbons (Fsp3) is 0.385. The Morgan fingerprint density at radius 1 is 0.969 bits per heavy atom. The predicted molar refractivity (Wildman–Crippen MR) is 130 cm³/mol. The Kier molecular flexibility index (Phi) is 5.98. The van der Waals surface area contributed by atoms with E-state index in [1.807, 2.05) is 16.3 Å². The summed E-state index contributed by atoms with van der Waals surface area (Å²) in [5.74, 6) is 0.0570. The van der Waals surface area contributed by atoms with E-state index in [0.29, 0.717) is 12.2 Å². The van der Waals surface area contributed by atoms with E-state index in [1.54, 1.807) is 11.3 Å². The fourth-order valence-electron chi connectivity index (χ4n) is 4.59. The summed E-state index contributed by atoms with van der Waals surface area (Å²) in [6.45, 7) is 10.7. The van der Waals surface area contributed by atoms with Gasteiger partial charge in [0.25, 0.3) is 5.91 Å². The Morgan fingerprint density at radius 3 is 2.53 bits per heavy atom.